The van der Waals surface area contributed by atoms with Gasteiger partial charge in [0.05, 0.1) is 19.2 Å². The van der Waals surface area contributed by atoms with Gasteiger partial charge in [-0.25, -0.2) is 5.43 Å². The maximum Gasteiger partial charge on any atom is 0.244 e. The molecule has 1 unspecified atom stereocenters. The number of ether oxygens (including phenoxy) is 1. The number of amides is 1. The van der Waals surface area contributed by atoms with E-state index in [1.807, 2.05) is 38.1 Å². The van der Waals surface area contributed by atoms with Crippen molar-refractivity contribution >= 4 is 11.6 Å². The van der Waals surface area contributed by atoms with Crippen LogP contribution in [0.25, 0.3) is 0 Å². The number of rotatable bonds is 5. The van der Waals surface area contributed by atoms with Crippen LogP contribution in [0.2, 0.25) is 0 Å². The predicted octanol–water partition coefficient (Wildman–Crippen LogP) is 3.64. The van der Waals surface area contributed by atoms with E-state index in [1.54, 1.807) is 7.11 Å². The molecule has 0 heterocycles. The Morgan fingerprint density at radius 3 is 2.70 bits per heavy atom. The molecule has 1 aromatic rings. The SMILES string of the molecule is C=C(C)C1CC=C(C)C(=NNC(=O)Cc2ccc(OC)cc2)C1. The van der Waals surface area contributed by atoms with Gasteiger partial charge in [-0.15, -0.1) is 0 Å². The number of carbonyl (C=O) groups excluding carboxylic acids is 1. The number of hydrazone groups is 1. The second-order valence-electron chi connectivity index (χ2n) is 5.99. The number of nitrogens with zero attached hydrogens (tertiary/aromatic N) is 1. The molecule has 4 heteroatoms. The van der Waals surface area contributed by atoms with Crippen LogP contribution in [0, 0.1) is 5.92 Å². The van der Waals surface area contributed by atoms with Gasteiger partial charge in [-0.3, -0.25) is 4.79 Å². The van der Waals surface area contributed by atoms with Crippen LogP contribution >= 0.6 is 0 Å². The zero-order chi connectivity index (χ0) is 16.8. The molecule has 0 bridgehead atoms. The first-order valence-corrected chi connectivity index (χ1v) is 7.80. The van der Waals surface area contributed by atoms with Crippen molar-refractivity contribution in [2.75, 3.05) is 7.11 Å². The Labute approximate surface area is 137 Å². The van der Waals surface area contributed by atoms with Crippen LogP contribution in [-0.4, -0.2) is 18.7 Å². The molecule has 1 aliphatic carbocycles. The fourth-order valence-corrected chi connectivity index (χ4v) is 2.52. The molecule has 0 spiro atoms. The minimum atomic E-state index is -0.118. The molecule has 0 radical (unpaired) electrons. The van der Waals surface area contributed by atoms with E-state index in [4.69, 9.17) is 4.74 Å². The lowest BCUT2D eigenvalue weighted by Gasteiger charge is -2.22. The van der Waals surface area contributed by atoms with Crippen molar-refractivity contribution in [1.82, 2.24) is 5.43 Å². The topological polar surface area (TPSA) is 50.7 Å². The van der Waals surface area contributed by atoms with Crippen molar-refractivity contribution < 1.29 is 9.53 Å². The van der Waals surface area contributed by atoms with Gasteiger partial charge in [0, 0.05) is 0 Å². The molecule has 1 N–H and O–H groups in total. The minimum Gasteiger partial charge on any atom is -0.497 e. The molecule has 0 aromatic heterocycles. The Kier molecular flexibility index (Phi) is 5.74. The molecule has 122 valence electrons. The first-order chi connectivity index (χ1) is 11.0. The standard InChI is InChI=1S/C19H24N2O2/c1-13(2)16-8-5-14(3)18(12-16)20-21-19(22)11-15-6-9-17(23-4)10-7-15/h5-7,9-10,16H,1,8,11-12H2,2-4H3,(H,21,22). The molecule has 0 aliphatic heterocycles. The molecule has 0 saturated heterocycles. The Bertz CT molecular complexity index is 642. The largest absolute Gasteiger partial charge is 0.497 e. The van der Waals surface area contributed by atoms with Crippen LogP contribution in [0.5, 0.6) is 5.75 Å². The lowest BCUT2D eigenvalue weighted by molar-refractivity contribution is -0.120. The number of hydrogen-bond donors (Lipinski definition) is 1. The molecule has 1 aromatic carbocycles. The highest BCUT2D eigenvalue weighted by atomic mass is 16.5. The molecule has 1 aliphatic rings. The highest BCUT2D eigenvalue weighted by molar-refractivity contribution is 6.01. The summed E-state index contributed by atoms with van der Waals surface area (Å²) in [5.74, 6) is 1.08. The van der Waals surface area contributed by atoms with Crippen molar-refractivity contribution in [3.8, 4) is 5.75 Å². The third-order valence-corrected chi connectivity index (χ3v) is 4.14. The van der Waals surface area contributed by atoms with Crippen molar-refractivity contribution in [2.24, 2.45) is 11.0 Å². The van der Waals surface area contributed by atoms with Crippen molar-refractivity contribution in [3.63, 3.8) is 0 Å². The molecule has 23 heavy (non-hydrogen) atoms. The molecule has 2 rings (SSSR count). The monoisotopic (exact) mass is 312 g/mol. The summed E-state index contributed by atoms with van der Waals surface area (Å²) in [6.07, 6.45) is 4.30. The Hall–Kier alpha value is -2.36. The number of allylic oxidation sites excluding steroid dienone is 3. The number of methoxy groups -OCH3 is 1. The van der Waals surface area contributed by atoms with Crippen molar-refractivity contribution in [2.45, 2.75) is 33.1 Å². The van der Waals surface area contributed by atoms with Crippen LogP contribution in [0.4, 0.5) is 0 Å². The van der Waals surface area contributed by atoms with Crippen LogP contribution in [-0.2, 0) is 11.2 Å². The van der Waals surface area contributed by atoms with Gasteiger partial charge in [-0.2, -0.15) is 5.10 Å². The molecule has 4 nitrogen and oxygen atoms in total. The van der Waals surface area contributed by atoms with Gasteiger partial charge in [-0.1, -0.05) is 30.4 Å². The summed E-state index contributed by atoms with van der Waals surface area (Å²) in [5.41, 5.74) is 6.82. The van der Waals surface area contributed by atoms with Crippen LogP contribution in [0.1, 0.15) is 32.3 Å². The lowest BCUT2D eigenvalue weighted by atomic mass is 9.85. The van der Waals surface area contributed by atoms with Gasteiger partial charge in [0.25, 0.3) is 0 Å². The summed E-state index contributed by atoms with van der Waals surface area (Å²) in [7, 11) is 1.62. The Morgan fingerprint density at radius 1 is 1.39 bits per heavy atom. The average molecular weight is 312 g/mol. The highest BCUT2D eigenvalue weighted by Crippen LogP contribution is 2.26. The first kappa shape index (κ1) is 17.0. The predicted molar refractivity (Wildman–Crippen MR) is 93.6 cm³/mol. The smallest absolute Gasteiger partial charge is 0.244 e. The van der Waals surface area contributed by atoms with Gasteiger partial charge in [0.15, 0.2) is 0 Å². The van der Waals surface area contributed by atoms with Gasteiger partial charge in [0.2, 0.25) is 5.91 Å². The highest BCUT2D eigenvalue weighted by Gasteiger charge is 2.18. The summed E-state index contributed by atoms with van der Waals surface area (Å²) in [4.78, 5) is 12.0. The average Bonchev–Trinajstić information content (AvgIpc) is 2.54. The van der Waals surface area contributed by atoms with E-state index in [2.05, 4.69) is 23.2 Å². The van der Waals surface area contributed by atoms with E-state index in [1.165, 1.54) is 0 Å². The molecule has 0 fully saturated rings. The third-order valence-electron chi connectivity index (χ3n) is 4.14. The molecule has 1 amide bonds. The summed E-state index contributed by atoms with van der Waals surface area (Å²) in [6.45, 7) is 8.09. The zero-order valence-corrected chi connectivity index (χ0v) is 14.1. The quantitative estimate of drug-likeness (QED) is 0.666. The fraction of sp³-hybridized carbons (Fsp3) is 0.368. The third kappa shape index (κ3) is 4.81. The molecular formula is C19H24N2O2. The van der Waals surface area contributed by atoms with Crippen molar-refractivity contribution in [1.29, 1.82) is 0 Å². The zero-order valence-electron chi connectivity index (χ0n) is 14.1. The Morgan fingerprint density at radius 2 is 2.09 bits per heavy atom. The number of nitrogens with one attached hydrogen (secondary N) is 1. The van der Waals surface area contributed by atoms with E-state index >= 15 is 0 Å². The summed E-state index contributed by atoms with van der Waals surface area (Å²) >= 11 is 0. The number of hydrogen-bond acceptors (Lipinski definition) is 3. The van der Waals surface area contributed by atoms with E-state index < -0.39 is 0 Å². The second kappa shape index (κ2) is 7.77. The van der Waals surface area contributed by atoms with E-state index in [0.717, 1.165) is 41.0 Å². The van der Waals surface area contributed by atoms with E-state index in [-0.39, 0.29) is 5.91 Å². The van der Waals surface area contributed by atoms with E-state index in [9.17, 15) is 4.79 Å². The normalized spacial score (nSPS) is 19.2. The van der Waals surface area contributed by atoms with E-state index in [0.29, 0.717) is 12.3 Å². The Balaban J connectivity index is 1.95. The molecule has 1 atom stereocenters. The maximum absolute atomic E-state index is 12.0. The van der Waals surface area contributed by atoms with Gasteiger partial charge >= 0.3 is 0 Å². The molecular weight excluding hydrogens is 288 g/mol. The van der Waals surface area contributed by atoms with Crippen LogP contribution < -0.4 is 10.2 Å². The second-order valence-corrected chi connectivity index (χ2v) is 5.99. The maximum atomic E-state index is 12.0. The van der Waals surface area contributed by atoms with Crippen LogP contribution in [0.3, 0.4) is 0 Å². The summed E-state index contributed by atoms with van der Waals surface area (Å²) in [6, 6.07) is 7.46. The van der Waals surface area contributed by atoms with Gasteiger partial charge < -0.3 is 4.74 Å². The fourth-order valence-electron chi connectivity index (χ4n) is 2.52. The number of carbonyl (C=O) groups is 1. The molecule has 0 saturated carbocycles. The van der Waals surface area contributed by atoms with Gasteiger partial charge in [0.1, 0.15) is 5.75 Å². The lowest BCUT2D eigenvalue weighted by Crippen LogP contribution is -2.24. The summed E-state index contributed by atoms with van der Waals surface area (Å²) < 4.78 is 5.11. The van der Waals surface area contributed by atoms with Gasteiger partial charge in [-0.05, 0) is 55.9 Å². The van der Waals surface area contributed by atoms with Crippen molar-refractivity contribution in [3.05, 3.63) is 53.6 Å². The van der Waals surface area contributed by atoms with Crippen LogP contribution in [0.15, 0.2) is 53.2 Å². The minimum absolute atomic E-state index is 0.118. The number of benzene rings is 1. The first-order valence-electron chi connectivity index (χ1n) is 7.80. The summed E-state index contributed by atoms with van der Waals surface area (Å²) in [5, 5.41) is 4.31.